The van der Waals surface area contributed by atoms with Crippen LogP contribution in [0, 0.1) is 23.2 Å². The molecule has 5 heteroatoms. The molecule has 0 spiro atoms. The molecule has 3 atom stereocenters. The van der Waals surface area contributed by atoms with Gasteiger partial charge in [0.05, 0.1) is 18.6 Å². The van der Waals surface area contributed by atoms with Crippen LogP contribution in [-0.2, 0) is 4.74 Å². The molecule has 1 heterocycles. The number of hydrogen-bond donors (Lipinski definition) is 0. The lowest BCUT2D eigenvalue weighted by Crippen LogP contribution is -2.35. The topological polar surface area (TPSA) is 12.5 Å². The third kappa shape index (κ3) is 2.77. The second-order valence-corrected chi connectivity index (χ2v) is 6.95. The molecule has 0 bridgehead atoms. The Morgan fingerprint density at radius 1 is 1.21 bits per heavy atom. The minimum Gasteiger partial charge on any atom is -0.378 e. The number of hydrogen-bond acceptors (Lipinski definition) is 2. The average molecular weight is 277 g/mol. The molecule has 110 valence electrons. The number of likely N-dealkylation sites (tertiary alicyclic amines) is 1. The minimum atomic E-state index is -3.97. The molecular formula is C14H22F3NO. The van der Waals surface area contributed by atoms with Crippen molar-refractivity contribution in [2.24, 2.45) is 23.2 Å². The zero-order valence-corrected chi connectivity index (χ0v) is 11.5. The van der Waals surface area contributed by atoms with Crippen LogP contribution in [0.25, 0.3) is 0 Å². The van der Waals surface area contributed by atoms with Crippen LogP contribution in [0.15, 0.2) is 0 Å². The number of fused-ring (bicyclic) bond motifs is 1. The maximum absolute atomic E-state index is 12.6. The molecule has 3 aliphatic rings. The normalized spacial score (nSPS) is 36.6. The molecular weight excluding hydrogens is 255 g/mol. The fourth-order valence-corrected chi connectivity index (χ4v) is 3.57. The molecule has 0 N–H and O–H groups in total. The monoisotopic (exact) mass is 277 g/mol. The van der Waals surface area contributed by atoms with Crippen molar-refractivity contribution in [3.8, 4) is 0 Å². The molecule has 2 saturated carbocycles. The van der Waals surface area contributed by atoms with Crippen LogP contribution in [0.2, 0.25) is 0 Å². The standard InChI is InChI=1S/C14H22F3NO/c1-9(2)19-8-13(3-4-13)7-18-5-10-11(6-18)12(10)14(15,16)17/h9-12H,3-8H2,1-2H3/t10-,11?,12?/m0/s1. The first-order valence-electron chi connectivity index (χ1n) is 7.21. The van der Waals surface area contributed by atoms with Gasteiger partial charge < -0.3 is 9.64 Å². The number of ether oxygens (including phenoxy) is 1. The average Bonchev–Trinajstić information content (AvgIpc) is 3.14. The van der Waals surface area contributed by atoms with Crippen LogP contribution in [0.1, 0.15) is 26.7 Å². The Balaban J connectivity index is 1.45. The number of nitrogens with zero attached hydrogens (tertiary/aromatic N) is 1. The maximum atomic E-state index is 12.6. The van der Waals surface area contributed by atoms with Crippen LogP contribution >= 0.6 is 0 Å². The summed E-state index contributed by atoms with van der Waals surface area (Å²) < 4.78 is 43.5. The molecule has 1 saturated heterocycles. The highest BCUT2D eigenvalue weighted by atomic mass is 19.4. The van der Waals surface area contributed by atoms with E-state index in [1.54, 1.807) is 0 Å². The Labute approximate surface area is 112 Å². The highest BCUT2D eigenvalue weighted by molar-refractivity contribution is 5.09. The first kappa shape index (κ1) is 13.7. The van der Waals surface area contributed by atoms with Crippen LogP contribution in [0.3, 0.4) is 0 Å². The summed E-state index contributed by atoms with van der Waals surface area (Å²) in [5, 5.41) is 0. The summed E-state index contributed by atoms with van der Waals surface area (Å²) in [4.78, 5) is 2.23. The highest BCUT2D eigenvalue weighted by Gasteiger charge is 2.67. The van der Waals surface area contributed by atoms with Crippen molar-refractivity contribution in [1.29, 1.82) is 0 Å². The first-order valence-corrected chi connectivity index (χ1v) is 7.21. The quantitative estimate of drug-likeness (QED) is 0.766. The number of halogens is 3. The van der Waals surface area contributed by atoms with E-state index in [1.807, 2.05) is 13.8 Å². The van der Waals surface area contributed by atoms with E-state index in [-0.39, 0.29) is 23.4 Å². The predicted octanol–water partition coefficient (Wildman–Crippen LogP) is 2.93. The summed E-state index contributed by atoms with van der Waals surface area (Å²) in [6.07, 6.45) is -1.42. The predicted molar refractivity (Wildman–Crippen MR) is 65.7 cm³/mol. The molecule has 0 aromatic rings. The van der Waals surface area contributed by atoms with E-state index < -0.39 is 12.1 Å². The van der Waals surface area contributed by atoms with E-state index in [1.165, 1.54) is 0 Å². The summed E-state index contributed by atoms with van der Waals surface area (Å²) in [6.45, 7) is 7.01. The second-order valence-electron chi connectivity index (χ2n) is 6.95. The maximum Gasteiger partial charge on any atom is 0.392 e. The van der Waals surface area contributed by atoms with E-state index >= 15 is 0 Å². The van der Waals surface area contributed by atoms with Crippen molar-refractivity contribution in [3.63, 3.8) is 0 Å². The Kier molecular flexibility index (Phi) is 3.13. The van der Waals surface area contributed by atoms with Crippen LogP contribution in [0.4, 0.5) is 13.2 Å². The largest absolute Gasteiger partial charge is 0.392 e. The van der Waals surface area contributed by atoms with Gasteiger partial charge in [0.2, 0.25) is 0 Å². The van der Waals surface area contributed by atoms with Crippen LogP contribution < -0.4 is 0 Å². The fraction of sp³-hybridized carbons (Fsp3) is 1.00. The van der Waals surface area contributed by atoms with Crippen molar-refractivity contribution in [3.05, 3.63) is 0 Å². The van der Waals surface area contributed by atoms with E-state index in [4.69, 9.17) is 4.74 Å². The van der Waals surface area contributed by atoms with Gasteiger partial charge in [0, 0.05) is 25.0 Å². The Morgan fingerprint density at radius 2 is 1.79 bits per heavy atom. The van der Waals surface area contributed by atoms with Crippen LogP contribution in [0.5, 0.6) is 0 Å². The van der Waals surface area contributed by atoms with Crippen molar-refractivity contribution in [2.75, 3.05) is 26.2 Å². The zero-order valence-electron chi connectivity index (χ0n) is 11.5. The van der Waals surface area contributed by atoms with E-state index in [0.29, 0.717) is 13.1 Å². The molecule has 0 aromatic heterocycles. The summed E-state index contributed by atoms with van der Waals surface area (Å²) in [6, 6.07) is 0. The van der Waals surface area contributed by atoms with E-state index in [9.17, 15) is 13.2 Å². The third-order valence-corrected chi connectivity index (χ3v) is 4.89. The highest BCUT2D eigenvalue weighted by Crippen LogP contribution is 2.60. The summed E-state index contributed by atoms with van der Waals surface area (Å²) in [5.74, 6) is -1.26. The molecule has 3 fully saturated rings. The lowest BCUT2D eigenvalue weighted by atomic mass is 10.1. The van der Waals surface area contributed by atoms with Gasteiger partial charge in [0.25, 0.3) is 0 Å². The lowest BCUT2D eigenvalue weighted by molar-refractivity contribution is -0.157. The molecule has 1 aliphatic heterocycles. The summed E-state index contributed by atoms with van der Waals surface area (Å²) in [5.41, 5.74) is 0.245. The van der Waals surface area contributed by atoms with Crippen molar-refractivity contribution < 1.29 is 17.9 Å². The van der Waals surface area contributed by atoms with Gasteiger partial charge in [-0.1, -0.05) is 0 Å². The minimum absolute atomic E-state index is 0.123. The fourth-order valence-electron chi connectivity index (χ4n) is 3.57. The van der Waals surface area contributed by atoms with Gasteiger partial charge in [-0.2, -0.15) is 13.2 Å². The van der Waals surface area contributed by atoms with Gasteiger partial charge in [-0.3, -0.25) is 0 Å². The molecule has 0 radical (unpaired) electrons. The Hall–Kier alpha value is -0.290. The van der Waals surface area contributed by atoms with Crippen molar-refractivity contribution in [2.45, 2.75) is 39.0 Å². The van der Waals surface area contributed by atoms with Gasteiger partial charge in [0.15, 0.2) is 0 Å². The van der Waals surface area contributed by atoms with Gasteiger partial charge in [-0.05, 0) is 38.5 Å². The Morgan fingerprint density at radius 3 is 2.21 bits per heavy atom. The lowest BCUT2D eigenvalue weighted by Gasteiger charge is -2.26. The number of rotatable bonds is 5. The summed E-state index contributed by atoms with van der Waals surface area (Å²) >= 11 is 0. The van der Waals surface area contributed by atoms with Gasteiger partial charge in [-0.25, -0.2) is 0 Å². The smallest absolute Gasteiger partial charge is 0.378 e. The molecule has 3 rings (SSSR count). The second kappa shape index (κ2) is 4.35. The van der Waals surface area contributed by atoms with Crippen molar-refractivity contribution >= 4 is 0 Å². The molecule has 0 aromatic carbocycles. The van der Waals surface area contributed by atoms with Gasteiger partial charge in [0.1, 0.15) is 0 Å². The van der Waals surface area contributed by atoms with Crippen molar-refractivity contribution in [1.82, 2.24) is 4.90 Å². The van der Waals surface area contributed by atoms with Gasteiger partial charge in [-0.15, -0.1) is 0 Å². The molecule has 19 heavy (non-hydrogen) atoms. The number of alkyl halides is 3. The third-order valence-electron chi connectivity index (χ3n) is 4.89. The molecule has 2 unspecified atom stereocenters. The van der Waals surface area contributed by atoms with E-state index in [0.717, 1.165) is 26.0 Å². The zero-order chi connectivity index (χ0) is 13.8. The van der Waals surface area contributed by atoms with E-state index in [2.05, 4.69) is 4.90 Å². The first-order chi connectivity index (χ1) is 8.81. The number of piperidine rings is 1. The van der Waals surface area contributed by atoms with Gasteiger partial charge >= 0.3 is 6.18 Å². The SMILES string of the molecule is CC(C)OCC1(CN2CC3C(C(F)(F)F)[C@H]3C2)CC1. The molecule has 2 nitrogen and oxygen atoms in total. The molecule has 0 amide bonds. The molecule has 2 aliphatic carbocycles. The Bertz CT molecular complexity index is 339. The summed E-state index contributed by atoms with van der Waals surface area (Å²) in [7, 11) is 0. The van der Waals surface area contributed by atoms with Crippen LogP contribution in [-0.4, -0.2) is 43.4 Å².